The molecule has 0 aliphatic heterocycles. The molecule has 1 aromatic rings. The van der Waals surface area contributed by atoms with Crippen molar-refractivity contribution in [3.8, 4) is 0 Å². The third-order valence-electron chi connectivity index (χ3n) is 2.84. The summed E-state index contributed by atoms with van der Waals surface area (Å²) in [7, 11) is 1.29. The minimum atomic E-state index is -0.559. The summed E-state index contributed by atoms with van der Waals surface area (Å²) >= 11 is 5.31. The third kappa shape index (κ3) is 6.07. The van der Waals surface area contributed by atoms with Gasteiger partial charge in [0.1, 0.15) is 17.1 Å². The average molecular weight is 336 g/mol. The lowest BCUT2D eigenvalue weighted by molar-refractivity contribution is -0.140. The SMILES string of the molecule is CCOC(=O)/C(C(=S)Nc1ccccc1)=C(\C)NCC(=O)OC. The van der Waals surface area contributed by atoms with E-state index in [1.807, 2.05) is 30.3 Å². The molecule has 1 aromatic carbocycles. The molecule has 0 aromatic heterocycles. The van der Waals surface area contributed by atoms with E-state index < -0.39 is 11.9 Å². The Morgan fingerprint density at radius 3 is 2.43 bits per heavy atom. The van der Waals surface area contributed by atoms with Crippen LogP contribution in [-0.2, 0) is 19.1 Å². The van der Waals surface area contributed by atoms with Crippen molar-refractivity contribution >= 4 is 34.8 Å². The number of ether oxygens (including phenoxy) is 2. The van der Waals surface area contributed by atoms with Crippen LogP contribution in [-0.4, -0.2) is 37.2 Å². The summed E-state index contributed by atoms with van der Waals surface area (Å²) in [6, 6.07) is 9.22. The molecule has 0 bridgehead atoms. The van der Waals surface area contributed by atoms with Crippen molar-refractivity contribution in [1.82, 2.24) is 5.32 Å². The molecule has 7 heteroatoms. The molecule has 23 heavy (non-hydrogen) atoms. The molecule has 0 heterocycles. The van der Waals surface area contributed by atoms with Gasteiger partial charge >= 0.3 is 11.9 Å². The molecule has 1 rings (SSSR count). The van der Waals surface area contributed by atoms with Gasteiger partial charge in [0, 0.05) is 11.4 Å². The maximum Gasteiger partial charge on any atom is 0.342 e. The topological polar surface area (TPSA) is 76.7 Å². The molecular weight excluding hydrogens is 316 g/mol. The Hall–Kier alpha value is -2.41. The van der Waals surface area contributed by atoms with Gasteiger partial charge in [0.05, 0.1) is 13.7 Å². The van der Waals surface area contributed by atoms with Gasteiger partial charge in [-0.1, -0.05) is 30.4 Å². The number of para-hydroxylation sites is 1. The number of carbonyl (C=O) groups is 2. The largest absolute Gasteiger partial charge is 0.468 e. The zero-order chi connectivity index (χ0) is 17.2. The summed E-state index contributed by atoms with van der Waals surface area (Å²) in [5, 5.41) is 5.80. The Morgan fingerprint density at radius 2 is 1.87 bits per heavy atom. The molecule has 0 aliphatic carbocycles. The van der Waals surface area contributed by atoms with Gasteiger partial charge in [0.15, 0.2) is 0 Å². The minimum Gasteiger partial charge on any atom is -0.468 e. The number of hydrogen-bond donors (Lipinski definition) is 2. The molecule has 0 saturated carbocycles. The van der Waals surface area contributed by atoms with Crippen LogP contribution >= 0.6 is 12.2 Å². The first-order valence-electron chi connectivity index (χ1n) is 7.04. The Kier molecular flexibility index (Phi) is 7.76. The minimum absolute atomic E-state index is 0.0702. The highest BCUT2D eigenvalue weighted by atomic mass is 32.1. The van der Waals surface area contributed by atoms with Crippen LogP contribution in [0.5, 0.6) is 0 Å². The van der Waals surface area contributed by atoms with Crippen LogP contribution in [0.4, 0.5) is 5.69 Å². The van der Waals surface area contributed by atoms with E-state index in [-0.39, 0.29) is 23.7 Å². The molecule has 0 amide bonds. The van der Waals surface area contributed by atoms with E-state index in [9.17, 15) is 9.59 Å². The number of thiocarbonyl (C=S) groups is 1. The fraction of sp³-hybridized carbons (Fsp3) is 0.312. The molecule has 0 atom stereocenters. The van der Waals surface area contributed by atoms with Crippen molar-refractivity contribution in [1.29, 1.82) is 0 Å². The number of allylic oxidation sites excluding steroid dienone is 1. The van der Waals surface area contributed by atoms with Crippen LogP contribution in [0.1, 0.15) is 13.8 Å². The van der Waals surface area contributed by atoms with Gasteiger partial charge in [0.2, 0.25) is 0 Å². The van der Waals surface area contributed by atoms with Crippen molar-refractivity contribution in [2.24, 2.45) is 0 Å². The molecule has 0 spiro atoms. The highest BCUT2D eigenvalue weighted by Gasteiger charge is 2.20. The zero-order valence-electron chi connectivity index (χ0n) is 13.3. The predicted molar refractivity (Wildman–Crippen MR) is 92.0 cm³/mol. The maximum absolute atomic E-state index is 12.2. The quantitative estimate of drug-likeness (QED) is 0.448. The van der Waals surface area contributed by atoms with Gasteiger partial charge in [-0.05, 0) is 26.0 Å². The monoisotopic (exact) mass is 336 g/mol. The lowest BCUT2D eigenvalue weighted by Crippen LogP contribution is -2.29. The summed E-state index contributed by atoms with van der Waals surface area (Å²) in [6.45, 7) is 3.51. The summed E-state index contributed by atoms with van der Waals surface area (Å²) < 4.78 is 9.59. The Labute approximate surface area is 140 Å². The Balaban J connectivity index is 2.96. The number of methoxy groups -OCH3 is 1. The molecule has 0 fully saturated rings. The molecule has 6 nitrogen and oxygen atoms in total. The number of benzene rings is 1. The second-order valence-electron chi connectivity index (χ2n) is 4.47. The number of hydrogen-bond acceptors (Lipinski definition) is 6. The molecule has 0 radical (unpaired) electrons. The molecule has 2 N–H and O–H groups in total. The van der Waals surface area contributed by atoms with Crippen molar-refractivity contribution in [3.63, 3.8) is 0 Å². The number of carbonyl (C=O) groups excluding carboxylic acids is 2. The highest BCUT2D eigenvalue weighted by molar-refractivity contribution is 7.81. The van der Waals surface area contributed by atoms with Crippen molar-refractivity contribution in [3.05, 3.63) is 41.6 Å². The van der Waals surface area contributed by atoms with Gasteiger partial charge in [0.25, 0.3) is 0 Å². The van der Waals surface area contributed by atoms with Crippen molar-refractivity contribution < 1.29 is 19.1 Å². The zero-order valence-corrected chi connectivity index (χ0v) is 14.2. The van der Waals surface area contributed by atoms with Gasteiger partial charge in [-0.3, -0.25) is 4.79 Å². The van der Waals surface area contributed by atoms with E-state index in [2.05, 4.69) is 15.4 Å². The summed E-state index contributed by atoms with van der Waals surface area (Å²) in [4.78, 5) is 23.6. The second kappa shape index (κ2) is 9.58. The molecule has 0 saturated heterocycles. The predicted octanol–water partition coefficient (Wildman–Crippen LogP) is 2.03. The first-order chi connectivity index (χ1) is 11.0. The van der Waals surface area contributed by atoms with Crippen LogP contribution in [0, 0.1) is 0 Å². The lowest BCUT2D eigenvalue weighted by atomic mass is 10.2. The van der Waals surface area contributed by atoms with Crippen molar-refractivity contribution in [2.45, 2.75) is 13.8 Å². The second-order valence-corrected chi connectivity index (χ2v) is 4.88. The van der Waals surface area contributed by atoms with Gasteiger partial charge in [-0.2, -0.15) is 0 Å². The highest BCUT2D eigenvalue weighted by Crippen LogP contribution is 2.12. The van der Waals surface area contributed by atoms with Crippen LogP contribution in [0.2, 0.25) is 0 Å². The van der Waals surface area contributed by atoms with Crippen LogP contribution in [0.25, 0.3) is 0 Å². The van der Waals surface area contributed by atoms with Crippen LogP contribution in [0.15, 0.2) is 41.6 Å². The van der Waals surface area contributed by atoms with E-state index in [1.165, 1.54) is 7.11 Å². The average Bonchev–Trinajstić information content (AvgIpc) is 2.53. The number of nitrogens with one attached hydrogen (secondary N) is 2. The molecule has 0 unspecified atom stereocenters. The number of anilines is 1. The number of rotatable bonds is 7. The fourth-order valence-electron chi connectivity index (χ4n) is 1.70. The molecule has 0 aliphatic rings. The van der Waals surface area contributed by atoms with E-state index in [0.29, 0.717) is 5.70 Å². The lowest BCUT2D eigenvalue weighted by Gasteiger charge is -2.15. The third-order valence-corrected chi connectivity index (χ3v) is 3.15. The first kappa shape index (κ1) is 18.6. The van der Waals surface area contributed by atoms with Crippen molar-refractivity contribution in [2.75, 3.05) is 25.6 Å². The fourth-order valence-corrected chi connectivity index (χ4v) is 2.05. The first-order valence-corrected chi connectivity index (χ1v) is 7.45. The standard InChI is InChI=1S/C16H20N2O4S/c1-4-22-16(20)14(11(2)17-10-13(19)21-3)15(23)18-12-8-6-5-7-9-12/h5-9,17H,4,10H2,1-3H3,(H,18,23)/b14-11+. The Morgan fingerprint density at radius 1 is 1.22 bits per heavy atom. The molecule has 124 valence electrons. The summed E-state index contributed by atoms with van der Waals surface area (Å²) in [5.74, 6) is -1.01. The normalized spacial score (nSPS) is 11.1. The van der Waals surface area contributed by atoms with E-state index in [4.69, 9.17) is 17.0 Å². The van der Waals surface area contributed by atoms with Gasteiger partial charge in [-0.25, -0.2) is 4.79 Å². The van der Waals surface area contributed by atoms with E-state index in [0.717, 1.165) is 5.69 Å². The summed E-state index contributed by atoms with van der Waals surface area (Å²) in [5.41, 5.74) is 1.36. The van der Waals surface area contributed by atoms with Gasteiger partial charge in [-0.15, -0.1) is 0 Å². The molecular formula is C16H20N2O4S. The van der Waals surface area contributed by atoms with Crippen LogP contribution < -0.4 is 10.6 Å². The van der Waals surface area contributed by atoms with Gasteiger partial charge < -0.3 is 20.1 Å². The number of esters is 2. The maximum atomic E-state index is 12.2. The van der Waals surface area contributed by atoms with Crippen LogP contribution in [0.3, 0.4) is 0 Å². The smallest absolute Gasteiger partial charge is 0.342 e. The van der Waals surface area contributed by atoms with E-state index >= 15 is 0 Å². The Bertz CT molecular complexity index is 599. The summed E-state index contributed by atoms with van der Waals surface area (Å²) in [6.07, 6.45) is 0. The van der Waals surface area contributed by atoms with E-state index in [1.54, 1.807) is 13.8 Å².